The molecule has 35 heavy (non-hydrogen) atoms. The second kappa shape index (κ2) is 8.35. The molecule has 4 aromatic rings. The maximum absolute atomic E-state index is 16.6. The van der Waals surface area contributed by atoms with Crippen LogP contribution >= 0.6 is 0 Å². The van der Waals surface area contributed by atoms with E-state index in [1.54, 1.807) is 0 Å². The number of anilines is 1. The Bertz CT molecular complexity index is 1510. The maximum atomic E-state index is 16.6. The number of H-pyrrole nitrogens is 1. The van der Waals surface area contributed by atoms with Crippen molar-refractivity contribution in [3.05, 3.63) is 51.4 Å². The number of nitrogens with one attached hydrogen (secondary N) is 1. The number of ether oxygens (including phenoxy) is 1. The number of rotatable bonds is 4. The lowest BCUT2D eigenvalue weighted by Crippen LogP contribution is -2.56. The molecule has 1 N–H and O–H groups in total. The fourth-order valence-electron chi connectivity index (χ4n) is 5.92. The summed E-state index contributed by atoms with van der Waals surface area (Å²) in [6.07, 6.45) is 0.672. The van der Waals surface area contributed by atoms with Crippen molar-refractivity contribution < 1.29 is 9.13 Å². The molecule has 6 rings (SSSR count). The van der Waals surface area contributed by atoms with Gasteiger partial charge in [0.25, 0.3) is 0 Å². The summed E-state index contributed by atoms with van der Waals surface area (Å²) in [4.78, 5) is 21.9. The Morgan fingerprint density at radius 2 is 1.86 bits per heavy atom. The second-order valence-electron chi connectivity index (χ2n) is 10.4. The fourth-order valence-corrected chi connectivity index (χ4v) is 5.92. The van der Waals surface area contributed by atoms with Crippen molar-refractivity contribution in [3.8, 4) is 0 Å². The van der Waals surface area contributed by atoms with Crippen LogP contribution in [0.4, 0.5) is 10.1 Å². The SMILES string of the molecule is CCc1cc2c(=O)c3c4ccc(C)cc4[nH]c3n(C(C)C)c2c(F)c1N1CCN(C2COC2)CC1. The summed E-state index contributed by atoms with van der Waals surface area (Å²) in [7, 11) is 0. The molecule has 2 saturated heterocycles. The van der Waals surface area contributed by atoms with Crippen LogP contribution in [0.5, 0.6) is 0 Å². The number of hydrogen-bond acceptors (Lipinski definition) is 4. The monoisotopic (exact) mass is 476 g/mol. The Morgan fingerprint density at radius 3 is 2.49 bits per heavy atom. The lowest BCUT2D eigenvalue weighted by atomic mass is 10.0. The van der Waals surface area contributed by atoms with Gasteiger partial charge in [-0.3, -0.25) is 9.69 Å². The molecule has 2 aliphatic rings. The summed E-state index contributed by atoms with van der Waals surface area (Å²) in [5.41, 5.74) is 4.59. The van der Waals surface area contributed by atoms with Crippen molar-refractivity contribution in [1.29, 1.82) is 0 Å². The molecule has 0 amide bonds. The predicted molar refractivity (Wildman–Crippen MR) is 140 cm³/mol. The van der Waals surface area contributed by atoms with E-state index in [1.165, 1.54) is 0 Å². The molecule has 0 bridgehead atoms. The van der Waals surface area contributed by atoms with E-state index >= 15 is 4.39 Å². The van der Waals surface area contributed by atoms with Gasteiger partial charge in [-0.1, -0.05) is 19.1 Å². The van der Waals surface area contributed by atoms with Crippen LogP contribution in [-0.2, 0) is 11.2 Å². The zero-order valence-electron chi connectivity index (χ0n) is 20.9. The van der Waals surface area contributed by atoms with Crippen LogP contribution in [-0.4, -0.2) is 59.9 Å². The van der Waals surface area contributed by atoms with Gasteiger partial charge in [-0.15, -0.1) is 0 Å². The number of piperazine rings is 1. The highest BCUT2D eigenvalue weighted by molar-refractivity contribution is 6.10. The third-order valence-corrected chi connectivity index (χ3v) is 7.85. The van der Waals surface area contributed by atoms with Crippen molar-refractivity contribution in [2.45, 2.75) is 46.2 Å². The average molecular weight is 477 g/mol. The number of nitrogens with zero attached hydrogens (tertiary/aromatic N) is 3. The molecule has 0 spiro atoms. The lowest BCUT2D eigenvalue weighted by molar-refractivity contribution is -0.0660. The quantitative estimate of drug-likeness (QED) is 0.462. The van der Waals surface area contributed by atoms with Gasteiger partial charge < -0.3 is 19.2 Å². The zero-order valence-corrected chi connectivity index (χ0v) is 20.9. The van der Waals surface area contributed by atoms with Crippen molar-refractivity contribution in [3.63, 3.8) is 0 Å². The van der Waals surface area contributed by atoms with E-state index in [4.69, 9.17) is 4.74 Å². The molecular weight excluding hydrogens is 443 g/mol. The van der Waals surface area contributed by atoms with Gasteiger partial charge in [0, 0.05) is 48.5 Å². The molecule has 4 heterocycles. The van der Waals surface area contributed by atoms with E-state index in [1.807, 2.05) is 50.5 Å². The number of aromatic nitrogens is 2. The third kappa shape index (κ3) is 3.39. The van der Waals surface area contributed by atoms with Crippen LogP contribution < -0.4 is 10.3 Å². The smallest absolute Gasteiger partial charge is 0.199 e. The Morgan fingerprint density at radius 1 is 1.11 bits per heavy atom. The Labute approximate surface area is 204 Å². The number of aromatic amines is 1. The summed E-state index contributed by atoms with van der Waals surface area (Å²) < 4.78 is 24.0. The normalized spacial score (nSPS) is 17.8. The van der Waals surface area contributed by atoms with Gasteiger partial charge in [0.2, 0.25) is 0 Å². The number of fused-ring (bicyclic) bond motifs is 4. The molecule has 184 valence electrons. The van der Waals surface area contributed by atoms with Gasteiger partial charge in [-0.2, -0.15) is 0 Å². The molecule has 0 radical (unpaired) electrons. The summed E-state index contributed by atoms with van der Waals surface area (Å²) in [5.74, 6) is -0.276. The van der Waals surface area contributed by atoms with E-state index in [0.717, 1.165) is 61.4 Å². The first kappa shape index (κ1) is 22.6. The molecule has 0 unspecified atom stereocenters. The van der Waals surface area contributed by atoms with Gasteiger partial charge in [0.1, 0.15) is 5.65 Å². The predicted octanol–water partition coefficient (Wildman–Crippen LogP) is 4.75. The van der Waals surface area contributed by atoms with Crippen LogP contribution in [0.1, 0.15) is 37.9 Å². The number of aryl methyl sites for hydroxylation is 2. The van der Waals surface area contributed by atoms with Crippen LogP contribution in [0.2, 0.25) is 0 Å². The highest BCUT2D eigenvalue weighted by Crippen LogP contribution is 2.36. The van der Waals surface area contributed by atoms with Crippen molar-refractivity contribution in [2.75, 3.05) is 44.3 Å². The van der Waals surface area contributed by atoms with Crippen molar-refractivity contribution >= 4 is 38.5 Å². The molecule has 0 aliphatic carbocycles. The van der Waals surface area contributed by atoms with Crippen LogP contribution in [0.3, 0.4) is 0 Å². The van der Waals surface area contributed by atoms with Gasteiger partial charge in [0.05, 0.1) is 35.8 Å². The van der Waals surface area contributed by atoms with Gasteiger partial charge in [-0.25, -0.2) is 4.39 Å². The highest BCUT2D eigenvalue weighted by atomic mass is 19.1. The van der Waals surface area contributed by atoms with Crippen LogP contribution in [0.15, 0.2) is 29.1 Å². The van der Waals surface area contributed by atoms with Gasteiger partial charge >= 0.3 is 0 Å². The standard InChI is InChI=1S/C28H33FN4O2/c1-5-18-13-21-26(24(29)25(18)32-10-8-31(9-11-32)19-14-35-15-19)33(16(2)3)28-23(27(21)34)20-7-6-17(4)12-22(20)30-28/h6-7,12-13,16,19,30H,5,8-11,14-15H2,1-4H3. The van der Waals surface area contributed by atoms with E-state index in [2.05, 4.69) is 20.9 Å². The van der Waals surface area contributed by atoms with Crippen molar-refractivity contribution in [1.82, 2.24) is 14.5 Å². The first-order valence-electron chi connectivity index (χ1n) is 12.8. The minimum absolute atomic E-state index is 0.0277. The molecule has 2 aromatic carbocycles. The van der Waals surface area contributed by atoms with Gasteiger partial charge in [-0.05, 0) is 50.5 Å². The topological polar surface area (TPSA) is 53.5 Å². The molecule has 2 aliphatic heterocycles. The summed E-state index contributed by atoms with van der Waals surface area (Å²) in [6, 6.07) is 8.49. The molecular formula is C28H33FN4O2. The Hall–Kier alpha value is -2.90. The number of halogens is 1. The average Bonchev–Trinajstić information content (AvgIpc) is 3.17. The minimum Gasteiger partial charge on any atom is -0.378 e. The number of pyridine rings is 1. The largest absolute Gasteiger partial charge is 0.378 e. The fraction of sp³-hybridized carbons (Fsp3) is 0.464. The van der Waals surface area contributed by atoms with E-state index in [0.29, 0.717) is 40.1 Å². The van der Waals surface area contributed by atoms with E-state index in [9.17, 15) is 4.79 Å². The summed E-state index contributed by atoms with van der Waals surface area (Å²) in [5, 5.41) is 2.01. The summed E-state index contributed by atoms with van der Waals surface area (Å²) in [6.45, 7) is 13.1. The first-order chi connectivity index (χ1) is 16.9. The van der Waals surface area contributed by atoms with Crippen LogP contribution in [0, 0.1) is 12.7 Å². The molecule has 0 atom stereocenters. The third-order valence-electron chi connectivity index (χ3n) is 7.85. The number of benzene rings is 2. The number of hydrogen-bond donors (Lipinski definition) is 1. The maximum Gasteiger partial charge on any atom is 0.199 e. The molecule has 0 saturated carbocycles. The molecule has 6 nitrogen and oxygen atoms in total. The Balaban J connectivity index is 1.59. The Kier molecular flexibility index (Phi) is 5.38. The molecule has 7 heteroatoms. The second-order valence-corrected chi connectivity index (χ2v) is 10.4. The highest BCUT2D eigenvalue weighted by Gasteiger charge is 2.31. The van der Waals surface area contributed by atoms with Crippen molar-refractivity contribution in [2.24, 2.45) is 0 Å². The lowest BCUT2D eigenvalue weighted by Gasteiger charge is -2.43. The molecule has 2 fully saturated rings. The minimum atomic E-state index is -0.276. The summed E-state index contributed by atoms with van der Waals surface area (Å²) >= 11 is 0. The van der Waals surface area contributed by atoms with Gasteiger partial charge in [0.15, 0.2) is 11.2 Å². The van der Waals surface area contributed by atoms with E-state index in [-0.39, 0.29) is 17.3 Å². The first-order valence-corrected chi connectivity index (χ1v) is 12.8. The molecule has 2 aromatic heterocycles. The zero-order chi connectivity index (χ0) is 24.4. The van der Waals surface area contributed by atoms with Crippen LogP contribution in [0.25, 0.3) is 32.8 Å². The van der Waals surface area contributed by atoms with E-state index < -0.39 is 0 Å².